The summed E-state index contributed by atoms with van der Waals surface area (Å²) in [6.45, 7) is 0.507. The molecular formula is C9H14N4O2. The lowest BCUT2D eigenvalue weighted by molar-refractivity contribution is -0.130. The fraction of sp³-hybridized carbons (Fsp3) is 0.444. The Kier molecular flexibility index (Phi) is 4.65. The summed E-state index contributed by atoms with van der Waals surface area (Å²) in [6.07, 6.45) is 2.44. The smallest absolute Gasteiger partial charge is 0.250 e. The van der Waals surface area contributed by atoms with Crippen LogP contribution in [0.25, 0.3) is 0 Å². The summed E-state index contributed by atoms with van der Waals surface area (Å²) in [5.74, 6) is -0.237. The molecule has 0 aromatic carbocycles. The number of hydrogen-bond donors (Lipinski definition) is 2. The summed E-state index contributed by atoms with van der Waals surface area (Å²) in [7, 11) is 1.45. The molecule has 1 aromatic rings. The number of nitrogens with one attached hydrogen (secondary N) is 1. The maximum absolute atomic E-state index is 11.4. The zero-order valence-electron chi connectivity index (χ0n) is 8.51. The molecule has 3 N–H and O–H groups in total. The van der Waals surface area contributed by atoms with Gasteiger partial charge in [-0.15, -0.1) is 0 Å². The molecule has 0 radical (unpaired) electrons. The van der Waals surface area contributed by atoms with Gasteiger partial charge in [0.05, 0.1) is 12.2 Å². The van der Waals surface area contributed by atoms with Gasteiger partial charge in [-0.2, -0.15) is 0 Å². The molecule has 0 aliphatic rings. The van der Waals surface area contributed by atoms with Gasteiger partial charge in [0, 0.05) is 19.9 Å². The molecule has 0 aliphatic carbocycles. The Morgan fingerprint density at radius 2 is 2.53 bits per heavy atom. The number of nitrogens with two attached hydrogens (primary N) is 1. The Bertz CT molecular complexity index is 300. The zero-order valence-corrected chi connectivity index (χ0v) is 8.51. The Morgan fingerprint density at radius 1 is 1.73 bits per heavy atom. The van der Waals surface area contributed by atoms with Gasteiger partial charge in [-0.3, -0.25) is 4.79 Å². The summed E-state index contributed by atoms with van der Waals surface area (Å²) in [5, 5.41) is 2.67. The minimum Gasteiger partial charge on any atom is -0.370 e. The van der Waals surface area contributed by atoms with Crippen LogP contribution in [-0.4, -0.2) is 35.6 Å². The van der Waals surface area contributed by atoms with Crippen molar-refractivity contribution in [3.8, 4) is 0 Å². The standard InChI is InChI=1S/C9H14N4O2/c1-15-8(4-10)9(14)12-5-7-2-3-11-6-13-7/h2-3,6,8H,4-5,10H2,1H3,(H,12,14). The topological polar surface area (TPSA) is 90.1 Å². The lowest BCUT2D eigenvalue weighted by atomic mass is 10.3. The van der Waals surface area contributed by atoms with E-state index in [1.807, 2.05) is 0 Å². The quantitative estimate of drug-likeness (QED) is 0.655. The van der Waals surface area contributed by atoms with Gasteiger partial charge >= 0.3 is 0 Å². The van der Waals surface area contributed by atoms with Gasteiger partial charge in [0.25, 0.3) is 5.91 Å². The lowest BCUT2D eigenvalue weighted by Crippen LogP contribution is -2.40. The molecule has 15 heavy (non-hydrogen) atoms. The highest BCUT2D eigenvalue weighted by molar-refractivity contribution is 5.80. The summed E-state index contributed by atoms with van der Waals surface area (Å²) in [4.78, 5) is 19.2. The average Bonchev–Trinajstić information content (AvgIpc) is 2.29. The number of amides is 1. The molecule has 1 heterocycles. The molecule has 0 bridgehead atoms. The van der Waals surface area contributed by atoms with Crippen molar-refractivity contribution >= 4 is 5.91 Å². The maximum Gasteiger partial charge on any atom is 0.250 e. The number of carbonyl (C=O) groups excluding carboxylic acids is 1. The Hall–Kier alpha value is -1.53. The van der Waals surface area contributed by atoms with Crippen LogP contribution >= 0.6 is 0 Å². The molecular weight excluding hydrogens is 196 g/mol. The maximum atomic E-state index is 11.4. The van der Waals surface area contributed by atoms with E-state index in [2.05, 4.69) is 15.3 Å². The molecule has 0 saturated carbocycles. The van der Waals surface area contributed by atoms with E-state index >= 15 is 0 Å². The minimum absolute atomic E-state index is 0.159. The summed E-state index contributed by atoms with van der Waals surface area (Å²) < 4.78 is 4.88. The van der Waals surface area contributed by atoms with Crippen molar-refractivity contribution in [3.05, 3.63) is 24.3 Å². The number of aromatic nitrogens is 2. The van der Waals surface area contributed by atoms with Crippen molar-refractivity contribution in [2.75, 3.05) is 13.7 Å². The third kappa shape index (κ3) is 3.61. The van der Waals surface area contributed by atoms with Gasteiger partial charge in [-0.05, 0) is 6.07 Å². The molecule has 0 saturated heterocycles. The van der Waals surface area contributed by atoms with Crippen molar-refractivity contribution in [2.45, 2.75) is 12.6 Å². The van der Waals surface area contributed by atoms with E-state index in [9.17, 15) is 4.79 Å². The molecule has 0 aliphatic heterocycles. The Morgan fingerprint density at radius 3 is 3.07 bits per heavy atom. The third-order valence-corrected chi connectivity index (χ3v) is 1.88. The number of carbonyl (C=O) groups is 1. The van der Waals surface area contributed by atoms with Crippen LogP contribution in [0.5, 0.6) is 0 Å². The van der Waals surface area contributed by atoms with E-state index < -0.39 is 6.10 Å². The van der Waals surface area contributed by atoms with Crippen molar-refractivity contribution in [2.24, 2.45) is 5.73 Å². The predicted octanol–water partition coefficient (Wildman–Crippen LogP) is -0.933. The van der Waals surface area contributed by atoms with Crippen LogP contribution in [0.3, 0.4) is 0 Å². The number of hydrogen-bond acceptors (Lipinski definition) is 5. The number of ether oxygens (including phenoxy) is 1. The minimum atomic E-state index is -0.605. The van der Waals surface area contributed by atoms with Crippen LogP contribution in [0.15, 0.2) is 18.6 Å². The van der Waals surface area contributed by atoms with Gasteiger partial charge in [0.1, 0.15) is 12.4 Å². The zero-order chi connectivity index (χ0) is 11.1. The summed E-state index contributed by atoms with van der Waals surface area (Å²) in [6, 6.07) is 1.73. The van der Waals surface area contributed by atoms with Crippen LogP contribution in [0, 0.1) is 0 Å². The van der Waals surface area contributed by atoms with Gasteiger partial charge in [0.15, 0.2) is 0 Å². The molecule has 6 nitrogen and oxygen atoms in total. The van der Waals surface area contributed by atoms with Crippen molar-refractivity contribution in [3.63, 3.8) is 0 Å². The van der Waals surface area contributed by atoms with Gasteiger partial charge in [-0.25, -0.2) is 9.97 Å². The number of rotatable bonds is 5. The van der Waals surface area contributed by atoms with E-state index in [-0.39, 0.29) is 12.5 Å². The first-order valence-corrected chi connectivity index (χ1v) is 4.53. The van der Waals surface area contributed by atoms with E-state index in [4.69, 9.17) is 10.5 Å². The third-order valence-electron chi connectivity index (χ3n) is 1.88. The molecule has 82 valence electrons. The second-order valence-electron chi connectivity index (χ2n) is 2.88. The Balaban J connectivity index is 2.40. The fourth-order valence-electron chi connectivity index (χ4n) is 1.02. The van der Waals surface area contributed by atoms with Gasteiger partial charge in [-0.1, -0.05) is 0 Å². The predicted molar refractivity (Wildman–Crippen MR) is 53.7 cm³/mol. The van der Waals surface area contributed by atoms with E-state index in [1.165, 1.54) is 13.4 Å². The van der Waals surface area contributed by atoms with Crippen LogP contribution in [0.2, 0.25) is 0 Å². The first-order chi connectivity index (χ1) is 7.27. The number of methoxy groups -OCH3 is 1. The average molecular weight is 210 g/mol. The fourth-order valence-corrected chi connectivity index (χ4v) is 1.02. The molecule has 1 atom stereocenters. The molecule has 1 amide bonds. The second-order valence-corrected chi connectivity index (χ2v) is 2.88. The molecule has 1 rings (SSSR count). The molecule has 0 fully saturated rings. The Labute approximate surface area is 87.9 Å². The van der Waals surface area contributed by atoms with Crippen LogP contribution in [0.1, 0.15) is 5.69 Å². The van der Waals surface area contributed by atoms with Crippen molar-refractivity contribution in [1.29, 1.82) is 0 Å². The van der Waals surface area contributed by atoms with Crippen molar-refractivity contribution < 1.29 is 9.53 Å². The van der Waals surface area contributed by atoms with Crippen molar-refractivity contribution in [1.82, 2.24) is 15.3 Å². The van der Waals surface area contributed by atoms with Gasteiger partial charge in [0.2, 0.25) is 0 Å². The summed E-state index contributed by atoms with van der Waals surface area (Å²) >= 11 is 0. The first kappa shape index (κ1) is 11.5. The number of nitrogens with zero attached hydrogens (tertiary/aromatic N) is 2. The monoisotopic (exact) mass is 210 g/mol. The van der Waals surface area contributed by atoms with E-state index in [1.54, 1.807) is 12.3 Å². The van der Waals surface area contributed by atoms with Crippen LogP contribution in [-0.2, 0) is 16.1 Å². The lowest BCUT2D eigenvalue weighted by Gasteiger charge is -2.12. The van der Waals surface area contributed by atoms with Gasteiger partial charge < -0.3 is 15.8 Å². The molecule has 1 unspecified atom stereocenters. The first-order valence-electron chi connectivity index (χ1n) is 4.53. The van der Waals surface area contributed by atoms with Crippen LogP contribution in [0.4, 0.5) is 0 Å². The highest BCUT2D eigenvalue weighted by Crippen LogP contribution is 1.92. The van der Waals surface area contributed by atoms with Crippen LogP contribution < -0.4 is 11.1 Å². The SMILES string of the molecule is COC(CN)C(=O)NCc1ccncn1. The molecule has 1 aromatic heterocycles. The summed E-state index contributed by atoms with van der Waals surface area (Å²) in [5.41, 5.74) is 6.08. The van der Waals surface area contributed by atoms with E-state index in [0.29, 0.717) is 6.54 Å². The highest BCUT2D eigenvalue weighted by Gasteiger charge is 2.14. The van der Waals surface area contributed by atoms with E-state index in [0.717, 1.165) is 5.69 Å². The molecule has 6 heteroatoms. The molecule has 0 spiro atoms. The largest absolute Gasteiger partial charge is 0.370 e. The normalized spacial score (nSPS) is 12.1. The highest BCUT2D eigenvalue weighted by atomic mass is 16.5. The second kappa shape index (κ2) is 6.05.